The molecule has 0 spiro atoms. The SMILES string of the molecule is C#Cc1ncccn1.[C-]#[N+]c1cc(F)cc(-n2nc(C#Cc3ncccn3)cc2C)c1.[C-]#[N+]c1cc(F)cc(-n2nc(I)cc2C)c1. The third-order valence-corrected chi connectivity index (χ3v) is 6.32. The van der Waals surface area contributed by atoms with E-state index in [1.54, 1.807) is 64.5 Å². The van der Waals surface area contributed by atoms with Crippen LogP contribution in [-0.4, -0.2) is 39.5 Å². The average Bonchev–Trinajstić information content (AvgIpc) is 3.64. The van der Waals surface area contributed by atoms with Crippen LogP contribution in [-0.2, 0) is 0 Å². The van der Waals surface area contributed by atoms with Gasteiger partial charge in [0.15, 0.2) is 11.4 Å². The minimum absolute atomic E-state index is 0.222. The Morgan fingerprint density at radius 1 is 0.681 bits per heavy atom. The summed E-state index contributed by atoms with van der Waals surface area (Å²) in [5.74, 6) is 7.94. The average molecular weight is 735 g/mol. The first-order chi connectivity index (χ1) is 22.7. The van der Waals surface area contributed by atoms with Gasteiger partial charge in [0.25, 0.3) is 0 Å². The molecule has 13 heteroatoms. The highest BCUT2D eigenvalue weighted by Crippen LogP contribution is 2.22. The van der Waals surface area contributed by atoms with Crippen LogP contribution < -0.4 is 0 Å². The highest BCUT2D eigenvalue weighted by atomic mass is 127. The normalized spacial score (nSPS) is 9.57. The highest BCUT2D eigenvalue weighted by molar-refractivity contribution is 14.1. The first kappa shape index (κ1) is 33.6. The lowest BCUT2D eigenvalue weighted by Gasteiger charge is -2.04. The van der Waals surface area contributed by atoms with Crippen molar-refractivity contribution in [1.82, 2.24) is 39.5 Å². The zero-order chi connectivity index (χ0) is 33.8. The maximum Gasteiger partial charge on any atom is 0.205 e. The molecule has 47 heavy (non-hydrogen) atoms. The van der Waals surface area contributed by atoms with Gasteiger partial charge < -0.3 is 0 Å². The van der Waals surface area contributed by atoms with Crippen molar-refractivity contribution in [3.8, 4) is 35.6 Å². The summed E-state index contributed by atoms with van der Waals surface area (Å²) in [6.45, 7) is 17.6. The smallest absolute Gasteiger partial charge is 0.205 e. The van der Waals surface area contributed by atoms with Gasteiger partial charge in [-0.3, -0.25) is 0 Å². The first-order valence-corrected chi connectivity index (χ1v) is 14.4. The quantitative estimate of drug-likeness (QED) is 0.108. The lowest BCUT2D eigenvalue weighted by atomic mass is 10.2. The Morgan fingerprint density at radius 2 is 1.17 bits per heavy atom. The molecule has 0 N–H and O–H groups in total. The van der Waals surface area contributed by atoms with Gasteiger partial charge in [0.2, 0.25) is 11.6 Å². The van der Waals surface area contributed by atoms with Crippen LogP contribution in [0.1, 0.15) is 28.7 Å². The van der Waals surface area contributed by atoms with E-state index in [-0.39, 0.29) is 11.4 Å². The second kappa shape index (κ2) is 16.1. The third-order valence-electron chi connectivity index (χ3n) is 5.79. The van der Waals surface area contributed by atoms with E-state index in [0.29, 0.717) is 28.7 Å². The molecule has 0 aliphatic rings. The van der Waals surface area contributed by atoms with Crippen LogP contribution in [0.2, 0.25) is 0 Å². The molecule has 0 atom stereocenters. The van der Waals surface area contributed by atoms with Crippen molar-refractivity contribution in [2.24, 2.45) is 0 Å². The molecule has 0 aliphatic carbocycles. The van der Waals surface area contributed by atoms with Crippen molar-refractivity contribution in [3.05, 3.63) is 152 Å². The fourth-order valence-corrected chi connectivity index (χ4v) is 4.51. The Balaban J connectivity index is 0.000000180. The van der Waals surface area contributed by atoms with E-state index < -0.39 is 11.6 Å². The summed E-state index contributed by atoms with van der Waals surface area (Å²) in [5, 5.41) is 8.56. The molecule has 6 aromatic rings. The molecule has 10 nitrogen and oxygen atoms in total. The van der Waals surface area contributed by atoms with Gasteiger partial charge in [0, 0.05) is 36.2 Å². The summed E-state index contributed by atoms with van der Waals surface area (Å²) in [4.78, 5) is 22.0. The monoisotopic (exact) mass is 734 g/mol. The van der Waals surface area contributed by atoms with E-state index in [2.05, 4.69) is 80.2 Å². The van der Waals surface area contributed by atoms with Gasteiger partial charge in [-0.15, -0.1) is 6.42 Å². The van der Waals surface area contributed by atoms with Crippen LogP contribution >= 0.6 is 22.6 Å². The molecule has 0 saturated heterocycles. The first-order valence-electron chi connectivity index (χ1n) is 13.4. The Labute approximate surface area is 283 Å². The number of terminal acetylenes is 1. The summed E-state index contributed by atoms with van der Waals surface area (Å²) in [5.41, 5.74) is 3.77. The number of aromatic nitrogens is 8. The van der Waals surface area contributed by atoms with Crippen molar-refractivity contribution in [3.63, 3.8) is 0 Å². The number of rotatable bonds is 2. The molecule has 0 aliphatic heterocycles. The Bertz CT molecular complexity index is 2200. The van der Waals surface area contributed by atoms with E-state index >= 15 is 0 Å². The van der Waals surface area contributed by atoms with E-state index in [9.17, 15) is 8.78 Å². The minimum Gasteiger partial charge on any atom is -0.238 e. The van der Waals surface area contributed by atoms with Crippen molar-refractivity contribution in [1.29, 1.82) is 0 Å². The molecule has 228 valence electrons. The molecule has 0 amide bonds. The van der Waals surface area contributed by atoms with Crippen LogP contribution in [0.5, 0.6) is 0 Å². The second-order valence-electron chi connectivity index (χ2n) is 9.20. The number of halogens is 3. The second-order valence-corrected chi connectivity index (χ2v) is 10.3. The molecular weight excluding hydrogens is 713 g/mol. The fraction of sp³-hybridized carbons (Fsp3) is 0.0588. The van der Waals surface area contributed by atoms with Gasteiger partial charge in [-0.1, -0.05) is 0 Å². The van der Waals surface area contributed by atoms with E-state index in [1.165, 1.54) is 24.3 Å². The molecule has 0 saturated carbocycles. The summed E-state index contributed by atoms with van der Waals surface area (Å²) in [6, 6.07) is 15.4. The van der Waals surface area contributed by atoms with Crippen molar-refractivity contribution in [2.45, 2.75) is 13.8 Å². The maximum absolute atomic E-state index is 13.6. The molecule has 0 radical (unpaired) electrons. The molecule has 4 heterocycles. The highest BCUT2D eigenvalue weighted by Gasteiger charge is 2.09. The number of aryl methyl sites for hydroxylation is 2. The van der Waals surface area contributed by atoms with Crippen molar-refractivity contribution >= 4 is 34.0 Å². The fourth-order valence-electron chi connectivity index (χ4n) is 3.84. The number of nitrogens with zero attached hydrogens (tertiary/aromatic N) is 10. The van der Waals surface area contributed by atoms with E-state index in [0.717, 1.165) is 15.1 Å². The third kappa shape index (κ3) is 9.60. The van der Waals surface area contributed by atoms with Crippen molar-refractivity contribution in [2.75, 3.05) is 0 Å². The maximum atomic E-state index is 13.6. The Morgan fingerprint density at radius 3 is 1.62 bits per heavy atom. The van der Waals surface area contributed by atoms with E-state index in [4.69, 9.17) is 19.6 Å². The predicted molar refractivity (Wildman–Crippen MR) is 180 cm³/mol. The van der Waals surface area contributed by atoms with Gasteiger partial charge in [-0.2, -0.15) is 10.2 Å². The summed E-state index contributed by atoms with van der Waals surface area (Å²) in [6.07, 6.45) is 11.4. The van der Waals surface area contributed by atoms with E-state index in [1.807, 2.05) is 19.9 Å². The van der Waals surface area contributed by atoms with Gasteiger partial charge in [0.1, 0.15) is 21.0 Å². The van der Waals surface area contributed by atoms with Crippen LogP contribution in [0.25, 0.3) is 21.1 Å². The lowest BCUT2D eigenvalue weighted by molar-refractivity contribution is 0.625. The van der Waals surface area contributed by atoms with Crippen LogP contribution in [0, 0.1) is 66.5 Å². The topological polar surface area (TPSA) is 95.9 Å². The lowest BCUT2D eigenvalue weighted by Crippen LogP contribution is -1.99. The molecule has 4 aromatic heterocycles. The van der Waals surface area contributed by atoms with Crippen LogP contribution in [0.3, 0.4) is 0 Å². The molecule has 2 aromatic carbocycles. The van der Waals surface area contributed by atoms with Crippen molar-refractivity contribution < 1.29 is 8.78 Å². The zero-order valence-corrected chi connectivity index (χ0v) is 26.9. The largest absolute Gasteiger partial charge is 0.238 e. The summed E-state index contributed by atoms with van der Waals surface area (Å²) < 4.78 is 30.8. The van der Waals surface area contributed by atoms with Gasteiger partial charge in [0.05, 0.1) is 24.5 Å². The summed E-state index contributed by atoms with van der Waals surface area (Å²) >= 11 is 2.09. The Kier molecular flexibility index (Phi) is 11.5. The summed E-state index contributed by atoms with van der Waals surface area (Å²) in [7, 11) is 0. The van der Waals surface area contributed by atoms with Gasteiger partial charge in [-0.25, -0.2) is 47.8 Å². The molecular formula is C34H21F2IN10. The van der Waals surface area contributed by atoms with Gasteiger partial charge in [-0.05, 0) is 115 Å². The molecule has 0 fully saturated rings. The predicted octanol–water partition coefficient (Wildman–Crippen LogP) is 6.99. The molecule has 0 unspecified atom stereocenters. The van der Waals surface area contributed by atoms with Crippen LogP contribution in [0.15, 0.2) is 85.5 Å². The minimum atomic E-state index is -0.478. The number of benzene rings is 2. The number of hydrogen-bond donors (Lipinski definition) is 0. The Hall–Kier alpha value is -6.29. The molecule has 6 rings (SSSR count). The number of hydrogen-bond acceptors (Lipinski definition) is 6. The standard InChI is InChI=1S/C17H10FN5.C11H7FIN3.C6H4N2/c1-12-8-14(4-5-17-20-6-3-7-21-17)22-23(12)16-10-13(18)9-15(11-16)19-2;1-7-3-11(13)15-16(7)10-5-8(12)4-9(6-10)14-2;1-2-6-7-4-3-5-8-6/h3,6-11H,1H3;3-6H,1H3;1,3-5H. The molecule has 0 bridgehead atoms. The zero-order valence-electron chi connectivity index (χ0n) is 24.8. The van der Waals surface area contributed by atoms with Gasteiger partial charge >= 0.3 is 0 Å². The van der Waals surface area contributed by atoms with Crippen LogP contribution in [0.4, 0.5) is 20.2 Å².